The molecule has 22 heavy (non-hydrogen) atoms. The van der Waals surface area contributed by atoms with Gasteiger partial charge in [-0.15, -0.1) is 11.3 Å². The summed E-state index contributed by atoms with van der Waals surface area (Å²) in [5, 5.41) is 4.99. The van der Waals surface area contributed by atoms with Crippen molar-refractivity contribution in [3.8, 4) is 0 Å². The van der Waals surface area contributed by atoms with Crippen molar-refractivity contribution in [2.75, 3.05) is 5.32 Å². The molecule has 1 atom stereocenters. The van der Waals surface area contributed by atoms with Gasteiger partial charge in [0.1, 0.15) is 17.0 Å². The molecule has 4 nitrogen and oxygen atoms in total. The van der Waals surface area contributed by atoms with E-state index < -0.39 is 0 Å². The maximum Gasteiger partial charge on any atom is 0.138 e. The second-order valence-electron chi connectivity index (χ2n) is 7.01. The van der Waals surface area contributed by atoms with Gasteiger partial charge >= 0.3 is 0 Å². The van der Waals surface area contributed by atoms with Crippen LogP contribution < -0.4 is 11.1 Å². The van der Waals surface area contributed by atoms with Gasteiger partial charge in [-0.3, -0.25) is 0 Å². The van der Waals surface area contributed by atoms with Crippen molar-refractivity contribution in [3.63, 3.8) is 0 Å². The second-order valence-corrected chi connectivity index (χ2v) is 8.09. The summed E-state index contributed by atoms with van der Waals surface area (Å²) in [4.78, 5) is 11.8. The van der Waals surface area contributed by atoms with Crippen LogP contribution in [0, 0.1) is 5.92 Å². The molecule has 1 unspecified atom stereocenters. The van der Waals surface area contributed by atoms with Crippen LogP contribution >= 0.6 is 11.3 Å². The highest BCUT2D eigenvalue weighted by atomic mass is 32.1. The molecule has 118 valence electrons. The topological polar surface area (TPSA) is 63.8 Å². The van der Waals surface area contributed by atoms with Gasteiger partial charge in [-0.25, -0.2) is 9.97 Å². The number of fused-ring (bicyclic) bond motifs is 3. The molecular formula is C17H24N4S. The van der Waals surface area contributed by atoms with E-state index in [0.29, 0.717) is 12.1 Å². The maximum atomic E-state index is 6.02. The predicted molar refractivity (Wildman–Crippen MR) is 92.5 cm³/mol. The maximum absolute atomic E-state index is 6.02. The number of hydrogen-bond acceptors (Lipinski definition) is 5. The van der Waals surface area contributed by atoms with E-state index >= 15 is 0 Å². The zero-order valence-electron chi connectivity index (χ0n) is 13.1. The molecule has 5 heteroatoms. The minimum absolute atomic E-state index is 0.387. The smallest absolute Gasteiger partial charge is 0.138 e. The minimum atomic E-state index is 0.387. The molecular weight excluding hydrogens is 292 g/mol. The van der Waals surface area contributed by atoms with Gasteiger partial charge in [0.05, 0.1) is 5.39 Å². The first-order valence-electron chi connectivity index (χ1n) is 8.48. The summed E-state index contributed by atoms with van der Waals surface area (Å²) in [7, 11) is 0. The van der Waals surface area contributed by atoms with Gasteiger partial charge in [-0.1, -0.05) is 6.92 Å². The number of nitrogens with two attached hydrogens (primary N) is 1. The Hall–Kier alpha value is -1.20. The van der Waals surface area contributed by atoms with Crippen molar-refractivity contribution in [1.82, 2.24) is 9.97 Å². The number of nitrogens with zero attached hydrogens (tertiary/aromatic N) is 2. The molecule has 0 bridgehead atoms. The van der Waals surface area contributed by atoms with E-state index in [1.54, 1.807) is 6.33 Å². The molecule has 0 aliphatic heterocycles. The van der Waals surface area contributed by atoms with Crippen LogP contribution in [0.15, 0.2) is 6.33 Å². The molecule has 0 aromatic carbocycles. The van der Waals surface area contributed by atoms with Gasteiger partial charge < -0.3 is 11.1 Å². The summed E-state index contributed by atoms with van der Waals surface area (Å²) in [6.07, 6.45) is 9.92. The number of thiophene rings is 1. The van der Waals surface area contributed by atoms with Crippen molar-refractivity contribution in [2.24, 2.45) is 11.7 Å². The number of aromatic nitrogens is 2. The van der Waals surface area contributed by atoms with Crippen LogP contribution in [0.3, 0.4) is 0 Å². The first kappa shape index (κ1) is 14.4. The van der Waals surface area contributed by atoms with Crippen LogP contribution in [0.5, 0.6) is 0 Å². The molecule has 0 saturated heterocycles. The van der Waals surface area contributed by atoms with E-state index in [4.69, 9.17) is 5.73 Å². The van der Waals surface area contributed by atoms with E-state index in [9.17, 15) is 0 Å². The van der Waals surface area contributed by atoms with Gasteiger partial charge in [0, 0.05) is 17.0 Å². The van der Waals surface area contributed by atoms with Crippen molar-refractivity contribution < 1.29 is 0 Å². The molecule has 0 amide bonds. The first-order chi connectivity index (χ1) is 10.7. The Balaban J connectivity index is 1.67. The van der Waals surface area contributed by atoms with E-state index in [0.717, 1.165) is 42.2 Å². The fraction of sp³-hybridized carbons (Fsp3) is 0.647. The minimum Gasteiger partial charge on any atom is -0.367 e. The fourth-order valence-electron chi connectivity index (χ4n) is 3.85. The third kappa shape index (κ3) is 2.61. The lowest BCUT2D eigenvalue weighted by atomic mass is 9.88. The molecule has 2 aromatic heterocycles. The number of rotatable bonds is 2. The van der Waals surface area contributed by atoms with E-state index in [-0.39, 0.29) is 0 Å². The summed E-state index contributed by atoms with van der Waals surface area (Å²) < 4.78 is 0. The molecule has 0 radical (unpaired) electrons. The largest absolute Gasteiger partial charge is 0.367 e. The highest BCUT2D eigenvalue weighted by molar-refractivity contribution is 7.19. The highest BCUT2D eigenvalue weighted by Gasteiger charge is 2.25. The Labute approximate surface area is 135 Å². The SMILES string of the molecule is CC1CCc2sc3ncnc(N[C@H]4CC[C@H](N)CC4)c3c2C1. The summed E-state index contributed by atoms with van der Waals surface area (Å²) in [6, 6.07) is 0.896. The molecule has 1 fully saturated rings. The number of anilines is 1. The lowest BCUT2D eigenvalue weighted by molar-refractivity contribution is 0.410. The Morgan fingerprint density at radius 1 is 1.18 bits per heavy atom. The quantitative estimate of drug-likeness (QED) is 0.890. The molecule has 2 aliphatic rings. The van der Waals surface area contributed by atoms with Crippen molar-refractivity contribution in [3.05, 3.63) is 16.8 Å². The van der Waals surface area contributed by atoms with Crippen LogP contribution in [-0.4, -0.2) is 22.1 Å². The van der Waals surface area contributed by atoms with Gasteiger partial charge in [0.25, 0.3) is 0 Å². The summed E-state index contributed by atoms with van der Waals surface area (Å²) in [5.74, 6) is 1.82. The Kier molecular flexibility index (Phi) is 3.78. The fourth-order valence-corrected chi connectivity index (χ4v) is 5.03. The van der Waals surface area contributed by atoms with E-state index in [2.05, 4.69) is 22.2 Å². The van der Waals surface area contributed by atoms with Gasteiger partial charge in [-0.05, 0) is 56.4 Å². The molecule has 1 saturated carbocycles. The average molecular weight is 316 g/mol. The molecule has 3 N–H and O–H groups in total. The molecule has 2 heterocycles. The lowest BCUT2D eigenvalue weighted by Crippen LogP contribution is -2.33. The number of hydrogen-bond donors (Lipinski definition) is 2. The van der Waals surface area contributed by atoms with Crippen molar-refractivity contribution >= 4 is 27.4 Å². The van der Waals surface area contributed by atoms with E-state index in [1.165, 1.54) is 35.1 Å². The summed E-state index contributed by atoms with van der Waals surface area (Å²) in [6.45, 7) is 2.35. The molecule has 2 aliphatic carbocycles. The lowest BCUT2D eigenvalue weighted by Gasteiger charge is -2.27. The summed E-state index contributed by atoms with van der Waals surface area (Å²) in [5.41, 5.74) is 7.53. The van der Waals surface area contributed by atoms with Gasteiger partial charge in [0.2, 0.25) is 0 Å². The van der Waals surface area contributed by atoms with Crippen LogP contribution in [0.25, 0.3) is 10.2 Å². The Bertz CT molecular complexity index is 673. The van der Waals surface area contributed by atoms with Gasteiger partial charge in [0.15, 0.2) is 0 Å². The standard InChI is InChI=1S/C17H24N4S/c1-10-2-7-14-13(8-10)15-16(19-9-20-17(15)22-14)21-12-5-3-11(18)4-6-12/h9-12H,2-8,18H2,1H3,(H,19,20,21)/t10?,11-,12-. The van der Waals surface area contributed by atoms with Crippen LogP contribution in [-0.2, 0) is 12.8 Å². The average Bonchev–Trinajstić information content (AvgIpc) is 2.88. The number of nitrogens with one attached hydrogen (secondary N) is 1. The third-order valence-corrected chi connectivity index (χ3v) is 6.40. The molecule has 4 rings (SSSR count). The van der Waals surface area contributed by atoms with Crippen molar-refractivity contribution in [1.29, 1.82) is 0 Å². The molecule has 0 spiro atoms. The molecule has 2 aromatic rings. The Morgan fingerprint density at radius 3 is 2.82 bits per heavy atom. The van der Waals surface area contributed by atoms with Crippen LogP contribution in [0.2, 0.25) is 0 Å². The Morgan fingerprint density at radius 2 is 2.00 bits per heavy atom. The zero-order valence-corrected chi connectivity index (χ0v) is 14.0. The van der Waals surface area contributed by atoms with E-state index in [1.807, 2.05) is 11.3 Å². The monoisotopic (exact) mass is 316 g/mol. The van der Waals surface area contributed by atoms with Crippen LogP contribution in [0.1, 0.15) is 49.5 Å². The zero-order chi connectivity index (χ0) is 15.1. The number of aryl methyl sites for hydroxylation is 1. The summed E-state index contributed by atoms with van der Waals surface area (Å²) >= 11 is 1.87. The first-order valence-corrected chi connectivity index (χ1v) is 9.29. The normalized spacial score (nSPS) is 28.5. The second kappa shape index (κ2) is 5.78. The highest BCUT2D eigenvalue weighted by Crippen LogP contribution is 2.40. The predicted octanol–water partition coefficient (Wildman–Crippen LogP) is 3.50. The van der Waals surface area contributed by atoms with Crippen molar-refractivity contribution in [2.45, 2.75) is 64.0 Å². The van der Waals surface area contributed by atoms with Gasteiger partial charge in [-0.2, -0.15) is 0 Å². The van der Waals surface area contributed by atoms with Crippen LogP contribution in [0.4, 0.5) is 5.82 Å². The third-order valence-electron chi connectivity index (χ3n) is 5.20.